The van der Waals surface area contributed by atoms with E-state index in [2.05, 4.69) is 34.3 Å². The molecule has 0 spiro atoms. The summed E-state index contributed by atoms with van der Waals surface area (Å²) in [5.74, 6) is 0.760. The first-order valence-corrected chi connectivity index (χ1v) is 8.96. The zero-order valence-corrected chi connectivity index (χ0v) is 16.0. The fourth-order valence-corrected chi connectivity index (χ4v) is 3.21. The molecule has 8 nitrogen and oxygen atoms in total. The first-order valence-electron chi connectivity index (χ1n) is 8.96. The van der Waals surface area contributed by atoms with Gasteiger partial charge in [-0.3, -0.25) is 14.3 Å². The van der Waals surface area contributed by atoms with Crippen LogP contribution in [0.4, 0.5) is 0 Å². The lowest BCUT2D eigenvalue weighted by molar-refractivity contribution is -0.122. The minimum absolute atomic E-state index is 0.142. The van der Waals surface area contributed by atoms with Gasteiger partial charge in [0.2, 0.25) is 5.91 Å². The van der Waals surface area contributed by atoms with Gasteiger partial charge in [-0.2, -0.15) is 10.2 Å². The van der Waals surface area contributed by atoms with Gasteiger partial charge >= 0.3 is 0 Å². The van der Waals surface area contributed by atoms with Gasteiger partial charge in [0.15, 0.2) is 0 Å². The summed E-state index contributed by atoms with van der Waals surface area (Å²) in [6.07, 6.45) is 2.19. The van der Waals surface area contributed by atoms with Gasteiger partial charge in [0.05, 0.1) is 17.1 Å². The van der Waals surface area contributed by atoms with Gasteiger partial charge in [-0.1, -0.05) is 32.0 Å². The Bertz CT molecular complexity index is 1020. The smallest absolute Gasteiger partial charge is 0.275 e. The Balaban J connectivity index is 1.84. The van der Waals surface area contributed by atoms with Crippen molar-refractivity contribution < 1.29 is 4.79 Å². The van der Waals surface area contributed by atoms with E-state index in [4.69, 9.17) is 0 Å². The third-order valence-corrected chi connectivity index (χ3v) is 4.45. The molecule has 27 heavy (non-hydrogen) atoms. The zero-order chi connectivity index (χ0) is 19.6. The summed E-state index contributed by atoms with van der Waals surface area (Å²) in [4.78, 5) is 29.6. The molecule has 0 saturated carbocycles. The van der Waals surface area contributed by atoms with Crippen LogP contribution >= 0.6 is 0 Å². The van der Waals surface area contributed by atoms with E-state index in [9.17, 15) is 9.59 Å². The maximum atomic E-state index is 12.7. The van der Waals surface area contributed by atoms with Crippen LogP contribution in [0.2, 0.25) is 0 Å². The number of carbonyl (C=O) groups is 1. The highest BCUT2D eigenvalue weighted by molar-refractivity contribution is 5.83. The second-order valence-corrected chi connectivity index (χ2v) is 7.09. The Labute approximate surface area is 157 Å². The van der Waals surface area contributed by atoms with Gasteiger partial charge in [-0.05, 0) is 25.3 Å². The Morgan fingerprint density at radius 3 is 2.56 bits per heavy atom. The summed E-state index contributed by atoms with van der Waals surface area (Å²) in [6, 6.07) is 7.01. The summed E-state index contributed by atoms with van der Waals surface area (Å²) in [7, 11) is 1.79. The number of nitrogens with zero attached hydrogens (tertiary/aromatic N) is 5. The average molecular weight is 368 g/mol. The number of hydrogen-bond acceptors (Lipinski definition) is 5. The fourth-order valence-electron chi connectivity index (χ4n) is 3.21. The van der Waals surface area contributed by atoms with Crippen molar-refractivity contribution in [2.24, 2.45) is 13.0 Å². The molecule has 1 atom stereocenters. The number of carbonyl (C=O) groups excluding carboxylic acids is 1. The largest absolute Gasteiger partial charge is 0.344 e. The third-order valence-electron chi connectivity index (χ3n) is 4.45. The molecule has 8 heteroatoms. The Kier molecular flexibility index (Phi) is 5.34. The third kappa shape index (κ3) is 4.05. The maximum absolute atomic E-state index is 12.7. The number of rotatable bonds is 6. The molecule has 3 rings (SSSR count). The van der Waals surface area contributed by atoms with E-state index >= 15 is 0 Å². The topological polar surface area (TPSA) is 94.7 Å². The second kappa shape index (κ2) is 7.69. The minimum Gasteiger partial charge on any atom is -0.344 e. The van der Waals surface area contributed by atoms with E-state index in [1.807, 2.05) is 19.1 Å². The molecule has 1 amide bonds. The SMILES string of the molecule is Cc1nn(CC(=O)N[C@@H](CC(C)C)c2ncnn2C)c(=O)c2ccccc12. The van der Waals surface area contributed by atoms with Gasteiger partial charge in [-0.15, -0.1) is 0 Å². The number of nitrogens with one attached hydrogen (secondary N) is 1. The normalized spacial score (nSPS) is 12.5. The quantitative estimate of drug-likeness (QED) is 0.715. The van der Waals surface area contributed by atoms with Crippen LogP contribution in [-0.4, -0.2) is 30.5 Å². The van der Waals surface area contributed by atoms with Crippen molar-refractivity contribution in [2.75, 3.05) is 0 Å². The molecule has 0 aliphatic rings. The van der Waals surface area contributed by atoms with Crippen molar-refractivity contribution in [3.8, 4) is 0 Å². The number of benzene rings is 1. The van der Waals surface area contributed by atoms with E-state index in [0.29, 0.717) is 22.8 Å². The molecule has 1 N–H and O–H groups in total. The summed E-state index contributed by atoms with van der Waals surface area (Å²) >= 11 is 0. The fraction of sp³-hybridized carbons (Fsp3) is 0.421. The molecule has 1 aromatic carbocycles. The highest BCUT2D eigenvalue weighted by Crippen LogP contribution is 2.19. The van der Waals surface area contributed by atoms with Crippen molar-refractivity contribution in [1.29, 1.82) is 0 Å². The van der Waals surface area contributed by atoms with Gasteiger partial charge in [0.25, 0.3) is 5.56 Å². The molecule has 0 unspecified atom stereocenters. The van der Waals surface area contributed by atoms with Crippen LogP contribution in [0.3, 0.4) is 0 Å². The van der Waals surface area contributed by atoms with E-state index in [-0.39, 0.29) is 24.1 Å². The van der Waals surface area contributed by atoms with Crippen molar-refractivity contribution in [3.63, 3.8) is 0 Å². The highest BCUT2D eigenvalue weighted by atomic mass is 16.2. The summed E-state index contributed by atoms with van der Waals surface area (Å²) < 4.78 is 2.87. The minimum atomic E-state index is -0.284. The van der Waals surface area contributed by atoms with Crippen LogP contribution in [-0.2, 0) is 18.4 Å². The maximum Gasteiger partial charge on any atom is 0.275 e. The lowest BCUT2D eigenvalue weighted by Gasteiger charge is -2.20. The number of amides is 1. The number of aryl methyl sites for hydroxylation is 2. The Hall–Kier alpha value is -3.03. The van der Waals surface area contributed by atoms with Gasteiger partial charge in [0, 0.05) is 12.4 Å². The first-order chi connectivity index (χ1) is 12.9. The van der Waals surface area contributed by atoms with E-state index in [0.717, 1.165) is 11.8 Å². The lowest BCUT2D eigenvalue weighted by Crippen LogP contribution is -2.37. The number of fused-ring (bicyclic) bond motifs is 1. The van der Waals surface area contributed by atoms with Crippen LogP contribution < -0.4 is 10.9 Å². The molecule has 0 saturated heterocycles. The highest BCUT2D eigenvalue weighted by Gasteiger charge is 2.21. The zero-order valence-electron chi connectivity index (χ0n) is 16.0. The van der Waals surface area contributed by atoms with Crippen LogP contribution in [0.1, 0.15) is 37.8 Å². The van der Waals surface area contributed by atoms with Crippen LogP contribution in [0.5, 0.6) is 0 Å². The second-order valence-electron chi connectivity index (χ2n) is 7.09. The van der Waals surface area contributed by atoms with Crippen LogP contribution in [0, 0.1) is 12.8 Å². The predicted octanol–water partition coefficient (Wildman–Crippen LogP) is 1.74. The molecule has 0 aliphatic carbocycles. The monoisotopic (exact) mass is 368 g/mol. The lowest BCUT2D eigenvalue weighted by atomic mass is 10.0. The van der Waals surface area contributed by atoms with Crippen LogP contribution in [0.15, 0.2) is 35.4 Å². The Morgan fingerprint density at radius 2 is 1.93 bits per heavy atom. The van der Waals surface area contributed by atoms with Crippen molar-refractivity contribution in [1.82, 2.24) is 29.9 Å². The predicted molar refractivity (Wildman–Crippen MR) is 102 cm³/mol. The Morgan fingerprint density at radius 1 is 1.22 bits per heavy atom. The molecule has 0 fully saturated rings. The molecule has 0 aliphatic heterocycles. The molecular weight excluding hydrogens is 344 g/mol. The van der Waals surface area contributed by atoms with Gasteiger partial charge in [0.1, 0.15) is 18.7 Å². The summed E-state index contributed by atoms with van der Waals surface area (Å²) in [5.41, 5.74) is 0.440. The summed E-state index contributed by atoms with van der Waals surface area (Å²) in [6.45, 7) is 5.84. The molecule has 0 bridgehead atoms. The number of aromatic nitrogens is 5. The average Bonchev–Trinajstić information content (AvgIpc) is 3.04. The molecular formula is C19H24N6O2. The number of hydrogen-bond donors (Lipinski definition) is 1. The summed E-state index contributed by atoms with van der Waals surface area (Å²) in [5, 5.41) is 12.7. The standard InChI is InChI=1S/C19H24N6O2/c1-12(2)9-16(18-20-11-21-24(18)4)22-17(26)10-25-19(27)15-8-6-5-7-14(15)13(3)23-25/h5-8,11-12,16H,9-10H2,1-4H3,(H,22,26)/t16-/m0/s1. The molecule has 2 aromatic heterocycles. The molecule has 142 valence electrons. The molecule has 0 radical (unpaired) electrons. The van der Waals surface area contributed by atoms with Gasteiger partial charge < -0.3 is 5.32 Å². The van der Waals surface area contributed by atoms with Crippen molar-refractivity contribution in [3.05, 3.63) is 52.5 Å². The van der Waals surface area contributed by atoms with E-state index in [1.165, 1.54) is 11.0 Å². The van der Waals surface area contributed by atoms with E-state index < -0.39 is 0 Å². The van der Waals surface area contributed by atoms with E-state index in [1.54, 1.807) is 23.9 Å². The van der Waals surface area contributed by atoms with Crippen molar-refractivity contribution >= 4 is 16.7 Å². The van der Waals surface area contributed by atoms with Crippen LogP contribution in [0.25, 0.3) is 10.8 Å². The molecule has 2 heterocycles. The van der Waals surface area contributed by atoms with Gasteiger partial charge in [-0.25, -0.2) is 9.67 Å². The molecule has 3 aromatic rings. The first kappa shape index (κ1) is 18.8. The van der Waals surface area contributed by atoms with Crippen molar-refractivity contribution in [2.45, 2.75) is 39.8 Å².